The summed E-state index contributed by atoms with van der Waals surface area (Å²) in [6, 6.07) is 0. The van der Waals surface area contributed by atoms with Gasteiger partial charge in [0.2, 0.25) is 11.4 Å². The van der Waals surface area contributed by atoms with Gasteiger partial charge in [0, 0.05) is 22.3 Å². The van der Waals surface area contributed by atoms with Crippen LogP contribution >= 0.6 is 0 Å². The normalized spacial score (nSPS) is 22.5. The van der Waals surface area contributed by atoms with Crippen molar-refractivity contribution in [2.75, 3.05) is 39.6 Å². The van der Waals surface area contributed by atoms with Crippen molar-refractivity contribution in [2.24, 2.45) is 11.5 Å². The Balaban J connectivity index is 2.06. The van der Waals surface area contributed by atoms with Gasteiger partial charge in [-0.3, -0.25) is 11.5 Å². The molecule has 4 atom stereocenters. The summed E-state index contributed by atoms with van der Waals surface area (Å²) < 4.78 is 52.0. The zero-order chi connectivity index (χ0) is 36.4. The summed E-state index contributed by atoms with van der Waals surface area (Å²) >= 11 is 0. The highest BCUT2D eigenvalue weighted by molar-refractivity contribution is 5.88. The molecule has 18 nitrogen and oxygen atoms in total. The minimum atomic E-state index is -2.08. The van der Waals surface area contributed by atoms with Crippen LogP contribution in [0.15, 0.2) is 48.6 Å². The molecule has 0 aliphatic carbocycles. The Bertz CT molecular complexity index is 1180. The van der Waals surface area contributed by atoms with E-state index in [4.69, 9.17) is 58.8 Å². The van der Waals surface area contributed by atoms with Crippen LogP contribution in [0, 0.1) is 0 Å². The lowest BCUT2D eigenvalue weighted by Gasteiger charge is -2.35. The molecule has 2 fully saturated rings. The molecule has 0 radical (unpaired) electrons. The van der Waals surface area contributed by atoms with Crippen molar-refractivity contribution in [1.29, 1.82) is 0 Å². The zero-order valence-electron chi connectivity index (χ0n) is 27.1. The Morgan fingerprint density at radius 1 is 0.583 bits per heavy atom. The molecule has 2 aliphatic rings. The molecule has 18 heteroatoms. The summed E-state index contributed by atoms with van der Waals surface area (Å²) in [5.41, 5.74) is 8.78. The number of hydrogen-bond acceptors (Lipinski definition) is 18. The van der Waals surface area contributed by atoms with Crippen LogP contribution in [0.1, 0.15) is 27.7 Å². The molecular weight excluding hydrogens is 644 g/mol. The highest BCUT2D eigenvalue weighted by Gasteiger charge is 2.70. The van der Waals surface area contributed by atoms with Crippen LogP contribution < -0.4 is 11.5 Å². The molecule has 0 unspecified atom stereocenters. The second-order valence-electron chi connectivity index (χ2n) is 10.9. The first kappa shape index (κ1) is 39.4. The molecule has 2 saturated heterocycles. The predicted octanol–water partition coefficient (Wildman–Crippen LogP) is 0.615. The zero-order valence-corrected chi connectivity index (χ0v) is 27.1. The van der Waals surface area contributed by atoms with E-state index in [1.54, 1.807) is 0 Å². The van der Waals surface area contributed by atoms with Crippen LogP contribution in [0.3, 0.4) is 0 Å². The first-order valence-electron chi connectivity index (χ1n) is 14.2. The predicted molar refractivity (Wildman–Crippen MR) is 159 cm³/mol. The molecule has 2 rings (SSSR count). The van der Waals surface area contributed by atoms with Gasteiger partial charge in [-0.1, -0.05) is 26.3 Å². The van der Waals surface area contributed by atoms with Gasteiger partial charge in [0.25, 0.3) is 0 Å². The Morgan fingerprint density at radius 2 is 0.833 bits per heavy atom. The van der Waals surface area contributed by atoms with Gasteiger partial charge in [-0.2, -0.15) is 0 Å². The summed E-state index contributed by atoms with van der Waals surface area (Å²) in [5.74, 6) is -3.18. The molecule has 266 valence electrons. The lowest BCUT2D eigenvalue weighted by atomic mass is 9.96. The Kier molecular flexibility index (Phi) is 13.8. The Morgan fingerprint density at radius 3 is 1.06 bits per heavy atom. The molecule has 2 heterocycles. The van der Waals surface area contributed by atoms with Crippen LogP contribution in [0.2, 0.25) is 0 Å². The Labute approximate surface area is 275 Å². The van der Waals surface area contributed by atoms with E-state index < -0.39 is 112 Å². The van der Waals surface area contributed by atoms with Gasteiger partial charge in [0.1, 0.15) is 26.4 Å². The van der Waals surface area contributed by atoms with Gasteiger partial charge in [-0.05, 0) is 27.7 Å². The third-order valence-corrected chi connectivity index (χ3v) is 6.51. The topological polar surface area (TPSA) is 247 Å². The third kappa shape index (κ3) is 10.4. The van der Waals surface area contributed by atoms with Crippen LogP contribution in [-0.2, 0) is 66.5 Å². The van der Waals surface area contributed by atoms with Crippen molar-refractivity contribution in [1.82, 2.24) is 0 Å². The summed E-state index contributed by atoms with van der Waals surface area (Å²) in [4.78, 5) is 72.8. The van der Waals surface area contributed by atoms with Gasteiger partial charge in [-0.25, -0.2) is 28.8 Å². The Hall–Kier alpha value is -4.78. The molecule has 0 bridgehead atoms. The van der Waals surface area contributed by atoms with E-state index in [0.29, 0.717) is 0 Å². The van der Waals surface area contributed by atoms with Crippen molar-refractivity contribution in [3.63, 3.8) is 0 Å². The van der Waals surface area contributed by atoms with E-state index in [-0.39, 0.29) is 22.3 Å². The maximum atomic E-state index is 12.7. The number of rotatable bonds is 16. The van der Waals surface area contributed by atoms with E-state index >= 15 is 0 Å². The first-order chi connectivity index (χ1) is 22.3. The molecule has 2 aliphatic heterocycles. The fourth-order valence-electron chi connectivity index (χ4n) is 3.79. The monoisotopic (exact) mass is 684 g/mol. The first-order valence-corrected chi connectivity index (χ1v) is 14.2. The standard InChI is InChI=1S/C30H40N2O16/c1-15(2)23(33)39-9-19(10-40-24(34)16(3)4)45-27(37)47-21-13-43-30(32)22(14-44-29(21,30)31)48-28(38)46-20(11-41-25(35)17(5)6)12-42-26(36)18(7)8/h19-22H,1,3,5,7,9-14,31-32H2,2,4,6,8H3/t21-,22+,29-,30-/m1/s1. The maximum absolute atomic E-state index is 12.7. The quantitative estimate of drug-likeness (QED) is 0.128. The summed E-state index contributed by atoms with van der Waals surface area (Å²) in [6.45, 7) is 16.3. The van der Waals surface area contributed by atoms with Crippen molar-refractivity contribution in [3.8, 4) is 0 Å². The van der Waals surface area contributed by atoms with Crippen LogP contribution in [0.25, 0.3) is 0 Å². The minimum Gasteiger partial charge on any atom is -0.458 e. The summed E-state index contributed by atoms with van der Waals surface area (Å²) in [5, 5.41) is 0. The average molecular weight is 685 g/mol. The number of ether oxygens (including phenoxy) is 10. The average Bonchev–Trinajstić information content (AvgIpc) is 3.40. The number of fused-ring (bicyclic) bond motifs is 1. The lowest BCUT2D eigenvalue weighted by molar-refractivity contribution is -0.153. The van der Waals surface area contributed by atoms with E-state index in [0.717, 1.165) is 0 Å². The van der Waals surface area contributed by atoms with E-state index in [1.807, 2.05) is 0 Å². The van der Waals surface area contributed by atoms with Gasteiger partial charge in [0.05, 0.1) is 13.2 Å². The summed E-state index contributed by atoms with van der Waals surface area (Å²) in [6.07, 6.45) is -8.21. The third-order valence-electron chi connectivity index (χ3n) is 6.51. The van der Waals surface area contributed by atoms with Crippen LogP contribution in [-0.4, -0.2) is 112 Å². The number of nitrogens with two attached hydrogens (primary N) is 2. The smallest absolute Gasteiger partial charge is 0.458 e. The molecule has 4 N–H and O–H groups in total. The lowest BCUT2D eigenvalue weighted by Crippen LogP contribution is -2.69. The SMILES string of the molecule is C=C(C)C(=O)OCC(COC(=O)C(=C)C)OC(=O)O[C@H]1CO[C@]2(N)[C@H](OC(=O)OC(COC(=O)C(=C)C)COC(=O)C(=C)C)CO[C@]12N. The van der Waals surface area contributed by atoms with Crippen LogP contribution in [0.5, 0.6) is 0 Å². The molecule has 0 aromatic rings. The number of hydrogen-bond donors (Lipinski definition) is 2. The molecule has 0 amide bonds. The van der Waals surface area contributed by atoms with Gasteiger partial charge < -0.3 is 47.4 Å². The molecule has 48 heavy (non-hydrogen) atoms. The minimum absolute atomic E-state index is 0.0645. The largest absolute Gasteiger partial charge is 0.509 e. The maximum Gasteiger partial charge on any atom is 0.509 e. The molecule has 0 aromatic carbocycles. The number of esters is 4. The highest BCUT2D eigenvalue weighted by atomic mass is 16.8. The van der Waals surface area contributed by atoms with Crippen molar-refractivity contribution in [2.45, 2.75) is 63.6 Å². The molecule has 0 saturated carbocycles. The molecular formula is C30H40N2O16. The molecule has 0 spiro atoms. The van der Waals surface area contributed by atoms with Gasteiger partial charge >= 0.3 is 36.2 Å². The van der Waals surface area contributed by atoms with E-state index in [2.05, 4.69) is 26.3 Å². The van der Waals surface area contributed by atoms with Crippen molar-refractivity contribution in [3.05, 3.63) is 48.6 Å². The van der Waals surface area contributed by atoms with Crippen molar-refractivity contribution < 1.29 is 76.1 Å². The highest BCUT2D eigenvalue weighted by Crippen LogP contribution is 2.42. The fourth-order valence-corrected chi connectivity index (χ4v) is 3.79. The summed E-state index contributed by atoms with van der Waals surface area (Å²) in [7, 11) is 0. The second-order valence-corrected chi connectivity index (χ2v) is 10.9. The fraction of sp³-hybridized carbons (Fsp3) is 0.533. The second kappa shape index (κ2) is 16.9. The van der Waals surface area contributed by atoms with Gasteiger partial charge in [-0.15, -0.1) is 0 Å². The number of carbonyl (C=O) groups excluding carboxylic acids is 6. The van der Waals surface area contributed by atoms with E-state index in [9.17, 15) is 28.8 Å². The molecule has 0 aromatic heterocycles. The van der Waals surface area contributed by atoms with Gasteiger partial charge in [0.15, 0.2) is 24.4 Å². The van der Waals surface area contributed by atoms with Crippen molar-refractivity contribution >= 4 is 36.2 Å². The van der Waals surface area contributed by atoms with Crippen LogP contribution in [0.4, 0.5) is 9.59 Å². The van der Waals surface area contributed by atoms with E-state index in [1.165, 1.54) is 27.7 Å². The number of carbonyl (C=O) groups is 6.